The summed E-state index contributed by atoms with van der Waals surface area (Å²) in [6, 6.07) is 9.32. The van der Waals surface area contributed by atoms with Crippen molar-refractivity contribution in [2.24, 2.45) is 0 Å². The number of aromatic nitrogens is 2. The Balaban J connectivity index is 1.86. The topological polar surface area (TPSA) is 83.3 Å². The van der Waals surface area contributed by atoms with E-state index in [1.807, 2.05) is 51.4 Å². The van der Waals surface area contributed by atoms with Gasteiger partial charge in [-0.15, -0.1) is 0 Å². The molecule has 0 radical (unpaired) electrons. The van der Waals surface area contributed by atoms with E-state index in [1.54, 1.807) is 0 Å². The summed E-state index contributed by atoms with van der Waals surface area (Å²) in [4.78, 5) is 18.5. The average molecular weight is 345 g/mol. The molecule has 0 aliphatic carbocycles. The highest BCUT2D eigenvalue weighted by Crippen LogP contribution is 2.12. The van der Waals surface area contributed by atoms with E-state index in [0.717, 1.165) is 5.56 Å². The van der Waals surface area contributed by atoms with Crippen molar-refractivity contribution in [1.82, 2.24) is 25.7 Å². The summed E-state index contributed by atoms with van der Waals surface area (Å²) in [6.07, 6.45) is 0.573. The van der Waals surface area contributed by atoms with Crippen molar-refractivity contribution < 1.29 is 9.32 Å². The van der Waals surface area contributed by atoms with E-state index < -0.39 is 0 Å². The van der Waals surface area contributed by atoms with Crippen LogP contribution in [0.3, 0.4) is 0 Å². The molecule has 1 atom stereocenters. The van der Waals surface area contributed by atoms with Crippen molar-refractivity contribution in [3.05, 3.63) is 47.6 Å². The highest BCUT2D eigenvalue weighted by atomic mass is 16.5. The Kier molecular flexibility index (Phi) is 6.14. The number of rotatable bonds is 7. The van der Waals surface area contributed by atoms with Gasteiger partial charge in [0, 0.05) is 12.1 Å². The number of nitrogens with one attached hydrogen (secondary N) is 2. The summed E-state index contributed by atoms with van der Waals surface area (Å²) in [5.74, 6) is 0.997. The number of carbonyl (C=O) groups excluding carboxylic acids is 1. The fraction of sp³-hybridized carbons (Fsp3) is 0.500. The first-order chi connectivity index (χ1) is 11.8. The second-order valence-corrected chi connectivity index (χ2v) is 6.96. The van der Waals surface area contributed by atoms with Gasteiger partial charge in [-0.2, -0.15) is 4.98 Å². The average Bonchev–Trinajstić information content (AvgIpc) is 3.02. The third-order valence-electron chi connectivity index (χ3n) is 4.31. The lowest BCUT2D eigenvalue weighted by molar-refractivity contribution is 0.185. The van der Waals surface area contributed by atoms with Crippen molar-refractivity contribution in [3.8, 4) is 0 Å². The first kappa shape index (κ1) is 18.9. The fourth-order valence-electron chi connectivity index (χ4n) is 2.05. The number of nitrogens with zero attached hydrogens (tertiary/aromatic N) is 3. The predicted molar refractivity (Wildman–Crippen MR) is 96.3 cm³/mol. The van der Waals surface area contributed by atoms with Crippen LogP contribution in [0, 0.1) is 0 Å². The van der Waals surface area contributed by atoms with E-state index in [4.69, 9.17) is 4.52 Å². The van der Waals surface area contributed by atoms with Crippen molar-refractivity contribution in [2.75, 3.05) is 20.6 Å². The van der Waals surface area contributed by atoms with E-state index in [0.29, 0.717) is 24.7 Å². The lowest BCUT2D eigenvalue weighted by atomic mass is 10.0. The minimum absolute atomic E-state index is 0.129. The molecule has 0 fully saturated rings. The molecule has 2 rings (SSSR count). The Hall–Kier alpha value is -2.41. The molecule has 0 saturated carbocycles. The van der Waals surface area contributed by atoms with Crippen LogP contribution in [0.4, 0.5) is 4.79 Å². The maximum Gasteiger partial charge on any atom is 0.315 e. The summed E-state index contributed by atoms with van der Waals surface area (Å²) in [5.41, 5.74) is 0.970. The Labute approximate surface area is 148 Å². The molecule has 0 aliphatic rings. The summed E-state index contributed by atoms with van der Waals surface area (Å²) in [6.45, 7) is 6.48. The number of amides is 2. The Morgan fingerprint density at radius 1 is 1.28 bits per heavy atom. The van der Waals surface area contributed by atoms with Gasteiger partial charge in [0.05, 0.1) is 12.5 Å². The zero-order valence-electron chi connectivity index (χ0n) is 15.5. The quantitative estimate of drug-likeness (QED) is 0.805. The van der Waals surface area contributed by atoms with Crippen LogP contribution in [0.5, 0.6) is 0 Å². The number of hydrogen-bond donors (Lipinski definition) is 2. The number of urea groups is 1. The van der Waals surface area contributed by atoms with Crippen molar-refractivity contribution in [3.63, 3.8) is 0 Å². The van der Waals surface area contributed by atoms with E-state index >= 15 is 0 Å². The predicted octanol–water partition coefficient (Wildman–Crippen LogP) is 2.36. The molecular formula is C18H27N5O2. The normalized spacial score (nSPS) is 12.9. The third kappa shape index (κ3) is 5.56. The van der Waals surface area contributed by atoms with Gasteiger partial charge in [-0.3, -0.25) is 0 Å². The van der Waals surface area contributed by atoms with Gasteiger partial charge in [0.25, 0.3) is 0 Å². The minimum Gasteiger partial charge on any atom is -0.339 e. The molecular weight excluding hydrogens is 318 g/mol. The highest BCUT2D eigenvalue weighted by Gasteiger charge is 2.22. The van der Waals surface area contributed by atoms with E-state index in [2.05, 4.69) is 39.5 Å². The molecule has 0 bridgehead atoms. The standard InChI is InChI=1S/C18H27N5O2/c1-13(20-17(24)19-12-18(2,3)23(4)5)16-21-15(25-22-16)11-14-9-7-6-8-10-14/h6-10,13H,11-12H2,1-5H3,(H2,19,20,24)/t13-/m1/s1. The van der Waals surface area contributed by atoms with Crippen LogP contribution < -0.4 is 10.6 Å². The first-order valence-corrected chi connectivity index (χ1v) is 8.36. The SMILES string of the molecule is C[C@@H](NC(=O)NCC(C)(C)N(C)C)c1noc(Cc2ccccc2)n1. The third-order valence-corrected chi connectivity index (χ3v) is 4.31. The Bertz CT molecular complexity index is 682. The molecule has 0 aliphatic heterocycles. The summed E-state index contributed by atoms with van der Waals surface area (Å²) in [5, 5.41) is 9.67. The molecule has 1 heterocycles. The van der Waals surface area contributed by atoms with E-state index in [-0.39, 0.29) is 17.6 Å². The van der Waals surface area contributed by atoms with Gasteiger partial charge in [-0.1, -0.05) is 35.5 Å². The lowest BCUT2D eigenvalue weighted by Crippen LogP contribution is -2.50. The summed E-state index contributed by atoms with van der Waals surface area (Å²) >= 11 is 0. The maximum atomic E-state index is 12.1. The van der Waals surface area contributed by atoms with Gasteiger partial charge in [0.2, 0.25) is 5.89 Å². The molecule has 136 valence electrons. The minimum atomic E-state index is -0.337. The van der Waals surface area contributed by atoms with Gasteiger partial charge < -0.3 is 20.1 Å². The monoisotopic (exact) mass is 345 g/mol. The molecule has 25 heavy (non-hydrogen) atoms. The second kappa shape index (κ2) is 8.11. The van der Waals surface area contributed by atoms with Gasteiger partial charge in [0.15, 0.2) is 5.82 Å². The van der Waals surface area contributed by atoms with Gasteiger partial charge in [0.1, 0.15) is 0 Å². The molecule has 0 spiro atoms. The Morgan fingerprint density at radius 3 is 2.60 bits per heavy atom. The molecule has 2 aromatic rings. The van der Waals surface area contributed by atoms with E-state index in [9.17, 15) is 4.79 Å². The van der Waals surface area contributed by atoms with E-state index in [1.165, 1.54) is 0 Å². The lowest BCUT2D eigenvalue weighted by Gasteiger charge is -2.32. The van der Waals surface area contributed by atoms with Gasteiger partial charge in [-0.05, 0) is 40.4 Å². The summed E-state index contributed by atoms with van der Waals surface area (Å²) < 4.78 is 5.28. The molecule has 2 N–H and O–H groups in total. The summed E-state index contributed by atoms with van der Waals surface area (Å²) in [7, 11) is 3.96. The van der Waals surface area contributed by atoms with Crippen LogP contribution in [0.25, 0.3) is 0 Å². The molecule has 0 unspecified atom stereocenters. The highest BCUT2D eigenvalue weighted by molar-refractivity contribution is 5.74. The van der Waals surface area contributed by atoms with Crippen LogP contribution in [0.2, 0.25) is 0 Å². The van der Waals surface area contributed by atoms with Gasteiger partial charge in [-0.25, -0.2) is 4.79 Å². The molecule has 1 aromatic heterocycles. The fourth-order valence-corrected chi connectivity index (χ4v) is 2.05. The van der Waals surface area contributed by atoms with Crippen LogP contribution in [-0.4, -0.2) is 47.3 Å². The molecule has 1 aromatic carbocycles. The number of carbonyl (C=O) groups is 1. The second-order valence-electron chi connectivity index (χ2n) is 6.96. The van der Waals surface area contributed by atoms with Crippen LogP contribution >= 0.6 is 0 Å². The largest absolute Gasteiger partial charge is 0.339 e. The van der Waals surface area contributed by atoms with Crippen molar-refractivity contribution in [2.45, 2.75) is 38.8 Å². The molecule has 0 saturated heterocycles. The first-order valence-electron chi connectivity index (χ1n) is 8.36. The van der Waals surface area contributed by atoms with Gasteiger partial charge >= 0.3 is 6.03 Å². The maximum absolute atomic E-state index is 12.1. The zero-order chi connectivity index (χ0) is 18.4. The van der Waals surface area contributed by atoms with Crippen molar-refractivity contribution in [1.29, 1.82) is 0 Å². The zero-order valence-corrected chi connectivity index (χ0v) is 15.5. The number of hydrogen-bond acceptors (Lipinski definition) is 5. The molecule has 7 heteroatoms. The van der Waals surface area contributed by atoms with Crippen LogP contribution in [-0.2, 0) is 6.42 Å². The molecule has 7 nitrogen and oxygen atoms in total. The van der Waals surface area contributed by atoms with Crippen LogP contribution in [0.1, 0.15) is 44.1 Å². The smallest absolute Gasteiger partial charge is 0.315 e. The Morgan fingerprint density at radius 2 is 1.96 bits per heavy atom. The van der Waals surface area contributed by atoms with Crippen LogP contribution in [0.15, 0.2) is 34.9 Å². The number of benzene rings is 1. The number of likely N-dealkylation sites (N-methyl/N-ethyl adjacent to an activating group) is 1. The van der Waals surface area contributed by atoms with Crippen molar-refractivity contribution >= 4 is 6.03 Å². The molecule has 2 amide bonds.